The fraction of sp³-hybridized carbons (Fsp3) is 0.300. The number of ether oxygens (including phenoxy) is 1. The van der Waals surface area contributed by atoms with Crippen LogP contribution in [0.3, 0.4) is 0 Å². The molecule has 0 fully saturated rings. The van der Waals surface area contributed by atoms with Gasteiger partial charge in [-0.1, -0.05) is 6.07 Å². The van der Waals surface area contributed by atoms with Gasteiger partial charge < -0.3 is 15.4 Å². The Labute approximate surface area is 259 Å². The molecule has 0 aliphatic carbocycles. The van der Waals surface area contributed by atoms with Crippen molar-refractivity contribution in [3.05, 3.63) is 66.1 Å². The number of methoxy groups -OCH3 is 1. The first kappa shape index (κ1) is 31.1. The Balaban J connectivity index is 1.49. The van der Waals surface area contributed by atoms with E-state index in [-0.39, 0.29) is 46.6 Å². The summed E-state index contributed by atoms with van der Waals surface area (Å²) >= 11 is 0. The van der Waals surface area contributed by atoms with Crippen molar-refractivity contribution in [3.63, 3.8) is 0 Å². The first-order valence-corrected chi connectivity index (χ1v) is 15.9. The number of aromatic amines is 1. The minimum atomic E-state index is -3.79. The number of carbonyl (C=O) groups excluding carboxylic acids is 1. The van der Waals surface area contributed by atoms with Crippen molar-refractivity contribution in [3.8, 4) is 34.2 Å². The van der Waals surface area contributed by atoms with Crippen molar-refractivity contribution in [2.45, 2.75) is 50.6 Å². The van der Waals surface area contributed by atoms with Gasteiger partial charge >= 0.3 is 0 Å². The quantitative estimate of drug-likeness (QED) is 0.230. The van der Waals surface area contributed by atoms with Crippen LogP contribution < -0.4 is 10.5 Å². The number of amides is 1. The lowest BCUT2D eigenvalue weighted by Gasteiger charge is -2.32. The zero-order chi connectivity index (χ0) is 32.5. The third-order valence-corrected chi connectivity index (χ3v) is 8.64. The molecule has 232 valence electrons. The van der Waals surface area contributed by atoms with Crippen LogP contribution in [0, 0.1) is 11.3 Å². The molecule has 1 atom stereocenters. The molecular formula is C30H32N10O4S. The van der Waals surface area contributed by atoms with E-state index in [1.54, 1.807) is 29.4 Å². The monoisotopic (exact) mass is 628 g/mol. The number of hydrogen-bond donors (Lipinski definition) is 2. The smallest absolute Gasteiger partial charge is 0.291 e. The second kappa shape index (κ2) is 12.3. The van der Waals surface area contributed by atoms with Crippen molar-refractivity contribution < 1.29 is 17.9 Å². The molecule has 3 N–H and O–H groups in total. The van der Waals surface area contributed by atoms with Gasteiger partial charge in [-0.15, -0.1) is 0 Å². The zero-order valence-corrected chi connectivity index (χ0v) is 26.2. The van der Waals surface area contributed by atoms with Gasteiger partial charge in [-0.3, -0.25) is 14.9 Å². The molecule has 4 aromatic heterocycles. The topological polar surface area (TPSA) is 198 Å². The van der Waals surface area contributed by atoms with Gasteiger partial charge in [-0.25, -0.2) is 18.4 Å². The van der Waals surface area contributed by atoms with Gasteiger partial charge in [0.25, 0.3) is 5.91 Å². The molecule has 45 heavy (non-hydrogen) atoms. The lowest BCUT2D eigenvalue weighted by atomic mass is 10.1. The number of nitrogens with zero attached hydrogens (tertiary/aromatic N) is 8. The summed E-state index contributed by atoms with van der Waals surface area (Å²) in [4.78, 5) is 28.0. The number of benzene rings is 1. The van der Waals surface area contributed by atoms with Crippen LogP contribution in [0.2, 0.25) is 0 Å². The third kappa shape index (κ3) is 6.04. The van der Waals surface area contributed by atoms with Crippen LogP contribution in [-0.4, -0.2) is 79.4 Å². The van der Waals surface area contributed by atoms with Crippen LogP contribution in [0.1, 0.15) is 49.1 Å². The molecule has 0 bridgehead atoms. The van der Waals surface area contributed by atoms with Crippen LogP contribution in [0.4, 0.5) is 5.82 Å². The SMILES string of the molecule is COc1ccc(-c2ccc(-c3cnn4c(N)c(S(C)(=O)=O)c(CC[C@@H](C)N(C(=O)c5ncn[nH]5)C(C)C)nc34)cn2)cc1C#N. The van der Waals surface area contributed by atoms with Crippen molar-refractivity contribution in [2.75, 3.05) is 19.1 Å². The van der Waals surface area contributed by atoms with Gasteiger partial charge in [0.15, 0.2) is 15.5 Å². The number of nitriles is 1. The number of pyridine rings is 1. The highest BCUT2D eigenvalue weighted by atomic mass is 32.2. The molecule has 0 unspecified atom stereocenters. The zero-order valence-electron chi connectivity index (χ0n) is 25.4. The lowest BCUT2D eigenvalue weighted by molar-refractivity contribution is 0.0604. The van der Waals surface area contributed by atoms with Crippen LogP contribution in [0.25, 0.3) is 28.0 Å². The summed E-state index contributed by atoms with van der Waals surface area (Å²) in [5, 5.41) is 20.2. The molecule has 5 aromatic rings. The van der Waals surface area contributed by atoms with E-state index in [0.717, 1.165) is 11.8 Å². The van der Waals surface area contributed by atoms with E-state index in [1.165, 1.54) is 18.0 Å². The molecule has 0 aliphatic heterocycles. The molecule has 4 heterocycles. The maximum absolute atomic E-state index is 13.1. The summed E-state index contributed by atoms with van der Waals surface area (Å²) in [6.45, 7) is 5.67. The average molecular weight is 629 g/mol. The summed E-state index contributed by atoms with van der Waals surface area (Å²) in [7, 11) is -2.28. The van der Waals surface area contributed by atoms with Crippen molar-refractivity contribution in [2.24, 2.45) is 0 Å². The van der Waals surface area contributed by atoms with Gasteiger partial charge in [0.1, 0.15) is 28.9 Å². The second-order valence-corrected chi connectivity index (χ2v) is 12.8. The fourth-order valence-electron chi connectivity index (χ4n) is 5.36. The molecular weight excluding hydrogens is 596 g/mol. The van der Waals surface area contributed by atoms with E-state index in [0.29, 0.717) is 40.2 Å². The number of aromatic nitrogens is 7. The van der Waals surface area contributed by atoms with Gasteiger partial charge in [0.2, 0.25) is 5.82 Å². The van der Waals surface area contributed by atoms with Gasteiger partial charge in [0.05, 0.1) is 30.3 Å². The summed E-state index contributed by atoms with van der Waals surface area (Å²) in [5.74, 6) is 0.234. The molecule has 0 radical (unpaired) electrons. The lowest BCUT2D eigenvalue weighted by Crippen LogP contribution is -2.44. The molecule has 0 spiro atoms. The van der Waals surface area contributed by atoms with Crippen LogP contribution in [0.15, 0.2) is 53.9 Å². The third-order valence-electron chi connectivity index (χ3n) is 7.45. The minimum Gasteiger partial charge on any atom is -0.495 e. The number of H-pyrrole nitrogens is 1. The number of fused-ring (bicyclic) bond motifs is 1. The van der Waals surface area contributed by atoms with Crippen LogP contribution >= 0.6 is 0 Å². The maximum atomic E-state index is 13.1. The van der Waals surface area contributed by atoms with E-state index in [1.807, 2.05) is 39.0 Å². The van der Waals surface area contributed by atoms with Gasteiger partial charge in [0, 0.05) is 41.2 Å². The predicted octanol–water partition coefficient (Wildman–Crippen LogP) is 3.31. The minimum absolute atomic E-state index is 0.0540. The van der Waals surface area contributed by atoms with E-state index in [2.05, 4.69) is 31.3 Å². The highest BCUT2D eigenvalue weighted by molar-refractivity contribution is 7.91. The molecule has 14 nitrogen and oxygen atoms in total. The first-order chi connectivity index (χ1) is 21.4. The van der Waals surface area contributed by atoms with E-state index in [9.17, 15) is 18.5 Å². The molecule has 0 saturated carbocycles. The number of aryl methyl sites for hydroxylation is 1. The number of anilines is 1. The number of nitrogen functional groups attached to an aromatic ring is 1. The number of nitrogens with two attached hydrogens (primary N) is 1. The van der Waals surface area contributed by atoms with Crippen molar-refractivity contribution >= 4 is 27.2 Å². The largest absolute Gasteiger partial charge is 0.495 e. The van der Waals surface area contributed by atoms with Gasteiger partial charge in [-0.2, -0.15) is 20.0 Å². The van der Waals surface area contributed by atoms with Crippen LogP contribution in [-0.2, 0) is 16.3 Å². The van der Waals surface area contributed by atoms with Crippen LogP contribution in [0.5, 0.6) is 5.75 Å². The van der Waals surface area contributed by atoms with E-state index < -0.39 is 9.84 Å². The fourth-order valence-corrected chi connectivity index (χ4v) is 6.41. The Kier molecular flexibility index (Phi) is 8.51. The number of nitrogens with one attached hydrogen (secondary N) is 1. The number of sulfone groups is 1. The summed E-state index contributed by atoms with van der Waals surface area (Å²) in [6.07, 6.45) is 6.19. The molecule has 15 heteroatoms. The van der Waals surface area contributed by atoms with E-state index >= 15 is 0 Å². The molecule has 1 amide bonds. The standard InChI is InChI=1S/C30H32N10O4S/c1-17(2)39(30(41)28-34-16-35-38-28)18(3)6-9-24-26(45(5,42)43)27(32)40-29(37-24)22(15-36-40)20-7-10-23(33-14-20)19-8-11-25(44-4)21(12-19)13-31/h7-8,10-12,14-18H,6,9,32H2,1-5H3,(H,34,35,38)/t18-/m1/s1. The average Bonchev–Trinajstić information content (AvgIpc) is 3.70. The number of carbonyl (C=O) groups is 1. The molecule has 0 aliphatic rings. The normalized spacial score (nSPS) is 12.3. The highest BCUT2D eigenvalue weighted by Crippen LogP contribution is 2.32. The summed E-state index contributed by atoms with van der Waals surface area (Å²) < 4.78 is 32.4. The Bertz CT molecular complexity index is 2010. The summed E-state index contributed by atoms with van der Waals surface area (Å²) in [6, 6.07) is 10.6. The maximum Gasteiger partial charge on any atom is 0.291 e. The number of rotatable bonds is 10. The van der Waals surface area contributed by atoms with E-state index in [4.69, 9.17) is 15.5 Å². The highest BCUT2D eigenvalue weighted by Gasteiger charge is 2.28. The van der Waals surface area contributed by atoms with Gasteiger partial charge in [-0.05, 0) is 57.9 Å². The number of hydrogen-bond acceptors (Lipinski definition) is 11. The summed E-state index contributed by atoms with van der Waals surface area (Å²) in [5.41, 5.74) is 10.1. The Morgan fingerprint density at radius 3 is 2.51 bits per heavy atom. The Morgan fingerprint density at radius 1 is 1.16 bits per heavy atom. The Morgan fingerprint density at radius 2 is 1.91 bits per heavy atom. The predicted molar refractivity (Wildman–Crippen MR) is 166 cm³/mol. The van der Waals surface area contributed by atoms with Crippen molar-refractivity contribution in [1.82, 2.24) is 39.7 Å². The second-order valence-electron chi connectivity index (χ2n) is 10.8. The first-order valence-electron chi connectivity index (χ1n) is 14.0. The molecule has 1 aromatic carbocycles. The Hall–Kier alpha value is -5.36. The van der Waals surface area contributed by atoms with Crippen molar-refractivity contribution in [1.29, 1.82) is 5.26 Å². The molecule has 0 saturated heterocycles. The molecule has 5 rings (SSSR count).